The molecule has 56 heavy (non-hydrogen) atoms. The molecule has 6 nitrogen and oxygen atoms in total. The van der Waals surface area contributed by atoms with Crippen molar-refractivity contribution >= 4 is 11.9 Å². The van der Waals surface area contributed by atoms with Crippen LogP contribution in [0.25, 0.3) is 0 Å². The number of hydrogen-bond acceptors (Lipinski definition) is 5. The number of amides is 1. The van der Waals surface area contributed by atoms with E-state index in [1.165, 1.54) is 141 Å². The summed E-state index contributed by atoms with van der Waals surface area (Å²) in [5, 5.41) is 22.9. The summed E-state index contributed by atoms with van der Waals surface area (Å²) in [6, 6.07) is -0.652. The van der Waals surface area contributed by atoms with E-state index in [2.05, 4.69) is 43.5 Å². The molecule has 2 unspecified atom stereocenters. The smallest absolute Gasteiger partial charge is 0.305 e. The molecule has 0 bridgehead atoms. The van der Waals surface area contributed by atoms with Gasteiger partial charge >= 0.3 is 5.97 Å². The number of aliphatic hydroxyl groups excluding tert-OH is 2. The second-order valence-electron chi connectivity index (χ2n) is 16.4. The highest BCUT2D eigenvalue weighted by molar-refractivity contribution is 5.76. The van der Waals surface area contributed by atoms with Gasteiger partial charge in [-0.05, 0) is 83.5 Å². The first-order chi connectivity index (χ1) is 27.5. The minimum Gasteiger partial charge on any atom is -0.466 e. The zero-order valence-electron chi connectivity index (χ0n) is 37.1. The van der Waals surface area contributed by atoms with Crippen LogP contribution in [0, 0.1) is 0 Å². The maximum absolute atomic E-state index is 12.4. The van der Waals surface area contributed by atoms with Crippen LogP contribution < -0.4 is 5.32 Å². The number of esters is 1. The van der Waals surface area contributed by atoms with E-state index in [4.69, 9.17) is 4.74 Å². The van der Waals surface area contributed by atoms with Crippen molar-refractivity contribution in [2.24, 2.45) is 0 Å². The number of unbranched alkanes of at least 4 members (excludes halogenated alkanes) is 29. The van der Waals surface area contributed by atoms with Crippen LogP contribution in [-0.2, 0) is 14.3 Å². The lowest BCUT2D eigenvalue weighted by Gasteiger charge is -2.20. The van der Waals surface area contributed by atoms with Gasteiger partial charge in [-0.2, -0.15) is 0 Å². The molecule has 0 rings (SSSR count). The molecule has 0 heterocycles. The van der Waals surface area contributed by atoms with Crippen molar-refractivity contribution in [1.29, 1.82) is 0 Å². The molecule has 0 aliphatic carbocycles. The van der Waals surface area contributed by atoms with Gasteiger partial charge < -0.3 is 20.3 Å². The summed E-state index contributed by atoms with van der Waals surface area (Å²) in [7, 11) is 0. The summed E-state index contributed by atoms with van der Waals surface area (Å²) in [4.78, 5) is 24.4. The maximum Gasteiger partial charge on any atom is 0.305 e. The summed E-state index contributed by atoms with van der Waals surface area (Å²) in [5.41, 5.74) is 0. The number of ether oxygens (including phenoxy) is 1. The van der Waals surface area contributed by atoms with E-state index >= 15 is 0 Å². The number of nitrogens with one attached hydrogen (secondary N) is 1. The Morgan fingerprint density at radius 1 is 0.482 bits per heavy atom. The number of carbonyl (C=O) groups excluding carboxylic acids is 2. The topological polar surface area (TPSA) is 95.9 Å². The highest BCUT2D eigenvalue weighted by atomic mass is 16.5. The van der Waals surface area contributed by atoms with Gasteiger partial charge in [0, 0.05) is 12.8 Å². The lowest BCUT2D eigenvalue weighted by Crippen LogP contribution is -2.45. The lowest BCUT2D eigenvalue weighted by molar-refractivity contribution is -0.143. The van der Waals surface area contributed by atoms with E-state index in [9.17, 15) is 19.8 Å². The SMILES string of the molecule is CCCCCCCCC/C=C\CCCCCCCCCC(=O)OCCCC/C=C\CCCCCCC(=O)NC(CO)C(O)/C=C/CCCCCCCCCCC. The van der Waals surface area contributed by atoms with Gasteiger partial charge in [-0.1, -0.05) is 185 Å². The van der Waals surface area contributed by atoms with Gasteiger partial charge in [-0.15, -0.1) is 0 Å². The standard InChI is InChI=1S/C50H93NO5/c1-3-5-7-9-11-13-15-16-17-18-19-20-21-23-28-32-36-40-44-50(55)56-45-41-37-33-29-25-24-27-31-35-39-43-49(54)51-47(46-52)48(53)42-38-34-30-26-22-14-12-10-8-6-4-2/h17-18,25,29,38,42,47-48,52-53H,3-16,19-24,26-28,30-37,39-41,43-46H2,1-2H3,(H,51,54)/b18-17-,29-25-,42-38+. The van der Waals surface area contributed by atoms with Crippen LogP contribution in [-0.4, -0.2) is 47.4 Å². The molecule has 3 N–H and O–H groups in total. The Kier molecular flexibility index (Phi) is 44.2. The molecule has 0 spiro atoms. The molecule has 6 heteroatoms. The molecule has 0 aromatic heterocycles. The van der Waals surface area contributed by atoms with Crippen LogP contribution in [0.2, 0.25) is 0 Å². The number of carbonyl (C=O) groups is 2. The first-order valence-electron chi connectivity index (χ1n) is 24.3. The second-order valence-corrected chi connectivity index (χ2v) is 16.4. The first-order valence-corrected chi connectivity index (χ1v) is 24.3. The molecule has 2 atom stereocenters. The number of rotatable bonds is 44. The monoisotopic (exact) mass is 788 g/mol. The molecule has 0 aliphatic heterocycles. The van der Waals surface area contributed by atoms with Crippen molar-refractivity contribution in [3.05, 3.63) is 36.5 Å². The predicted molar refractivity (Wildman–Crippen MR) is 241 cm³/mol. The molecule has 0 saturated heterocycles. The third kappa shape index (κ3) is 41.7. The summed E-state index contributed by atoms with van der Waals surface area (Å²) >= 11 is 0. The largest absolute Gasteiger partial charge is 0.466 e. The second kappa shape index (κ2) is 45.8. The summed E-state index contributed by atoms with van der Waals surface area (Å²) in [6.07, 6.45) is 54.3. The van der Waals surface area contributed by atoms with Crippen LogP contribution >= 0.6 is 0 Å². The van der Waals surface area contributed by atoms with E-state index in [1.807, 2.05) is 6.08 Å². The molecule has 0 radical (unpaired) electrons. The van der Waals surface area contributed by atoms with Crippen LogP contribution in [0.15, 0.2) is 36.5 Å². The fourth-order valence-electron chi connectivity index (χ4n) is 7.09. The number of allylic oxidation sites excluding steroid dienone is 5. The molecule has 0 aliphatic rings. The Labute approximate surface area is 347 Å². The van der Waals surface area contributed by atoms with Gasteiger partial charge in [0.15, 0.2) is 0 Å². The van der Waals surface area contributed by atoms with E-state index in [-0.39, 0.29) is 18.5 Å². The average Bonchev–Trinajstić information content (AvgIpc) is 3.20. The van der Waals surface area contributed by atoms with Crippen LogP contribution in [0.1, 0.15) is 245 Å². The van der Waals surface area contributed by atoms with Crippen LogP contribution in [0.4, 0.5) is 0 Å². The Morgan fingerprint density at radius 2 is 0.839 bits per heavy atom. The third-order valence-corrected chi connectivity index (χ3v) is 10.9. The quantitative estimate of drug-likeness (QED) is 0.0325. The first kappa shape index (κ1) is 54.1. The van der Waals surface area contributed by atoms with Gasteiger partial charge in [0.05, 0.1) is 25.4 Å². The Balaban J connectivity index is 3.54. The predicted octanol–water partition coefficient (Wildman–Crippen LogP) is 14.1. The van der Waals surface area contributed by atoms with Gasteiger partial charge in [0.2, 0.25) is 5.91 Å². The number of hydrogen-bond donors (Lipinski definition) is 3. The molecular formula is C50H93NO5. The minimum absolute atomic E-state index is 0.0425. The Bertz CT molecular complexity index is 915. The fourth-order valence-corrected chi connectivity index (χ4v) is 7.09. The molecule has 0 saturated carbocycles. The molecular weight excluding hydrogens is 695 g/mol. The highest BCUT2D eigenvalue weighted by Crippen LogP contribution is 2.14. The molecule has 0 aromatic rings. The summed E-state index contributed by atoms with van der Waals surface area (Å²) < 4.78 is 5.43. The number of aliphatic hydroxyl groups is 2. The molecule has 1 amide bonds. The zero-order chi connectivity index (χ0) is 40.8. The fraction of sp³-hybridized carbons (Fsp3) is 0.840. The van der Waals surface area contributed by atoms with Crippen molar-refractivity contribution in [2.45, 2.75) is 257 Å². The van der Waals surface area contributed by atoms with E-state index in [1.54, 1.807) is 6.08 Å². The summed E-state index contributed by atoms with van der Waals surface area (Å²) in [6.45, 7) is 4.78. The molecule has 328 valence electrons. The zero-order valence-corrected chi connectivity index (χ0v) is 37.1. The Morgan fingerprint density at radius 3 is 1.27 bits per heavy atom. The molecule has 0 fully saturated rings. The van der Waals surface area contributed by atoms with Crippen molar-refractivity contribution < 1.29 is 24.5 Å². The lowest BCUT2D eigenvalue weighted by atomic mass is 10.1. The maximum atomic E-state index is 12.4. The van der Waals surface area contributed by atoms with E-state index < -0.39 is 12.1 Å². The van der Waals surface area contributed by atoms with Gasteiger partial charge in [-0.3, -0.25) is 9.59 Å². The van der Waals surface area contributed by atoms with Gasteiger partial charge in [0.1, 0.15) is 0 Å². The van der Waals surface area contributed by atoms with E-state index in [0.717, 1.165) is 77.0 Å². The molecule has 0 aromatic carbocycles. The van der Waals surface area contributed by atoms with Gasteiger partial charge in [-0.25, -0.2) is 0 Å². The van der Waals surface area contributed by atoms with Crippen molar-refractivity contribution in [3.8, 4) is 0 Å². The highest BCUT2D eigenvalue weighted by Gasteiger charge is 2.18. The van der Waals surface area contributed by atoms with E-state index in [0.29, 0.717) is 19.4 Å². The van der Waals surface area contributed by atoms with Crippen LogP contribution in [0.5, 0.6) is 0 Å². The van der Waals surface area contributed by atoms with Crippen molar-refractivity contribution in [2.75, 3.05) is 13.2 Å². The summed E-state index contributed by atoms with van der Waals surface area (Å²) in [5.74, 6) is -0.149. The van der Waals surface area contributed by atoms with Crippen molar-refractivity contribution in [3.63, 3.8) is 0 Å². The minimum atomic E-state index is -0.865. The van der Waals surface area contributed by atoms with Gasteiger partial charge in [0.25, 0.3) is 0 Å². The third-order valence-electron chi connectivity index (χ3n) is 10.9. The van der Waals surface area contributed by atoms with Crippen LogP contribution in [0.3, 0.4) is 0 Å². The average molecular weight is 788 g/mol. The van der Waals surface area contributed by atoms with Crippen molar-refractivity contribution in [1.82, 2.24) is 5.32 Å². The normalized spacial score (nSPS) is 13.0. The Hall–Kier alpha value is -1.92.